The SMILES string of the molecule is CC(C)CNCC1CCN(c2ccc(Cl)cc2)C1. The van der Waals surface area contributed by atoms with Gasteiger partial charge in [-0.25, -0.2) is 0 Å². The Bertz CT molecular complexity index is 361. The van der Waals surface area contributed by atoms with E-state index in [-0.39, 0.29) is 0 Å². The first-order valence-corrected chi connectivity index (χ1v) is 7.24. The van der Waals surface area contributed by atoms with Gasteiger partial charge < -0.3 is 10.2 Å². The van der Waals surface area contributed by atoms with Crippen LogP contribution >= 0.6 is 11.6 Å². The summed E-state index contributed by atoms with van der Waals surface area (Å²) >= 11 is 5.92. The molecule has 1 N–H and O–H groups in total. The molecule has 1 aromatic carbocycles. The van der Waals surface area contributed by atoms with Crippen LogP contribution in [0.3, 0.4) is 0 Å². The lowest BCUT2D eigenvalue weighted by molar-refractivity contribution is 0.477. The standard InChI is InChI=1S/C15H23ClN2/c1-12(2)9-17-10-13-7-8-18(11-13)15-5-3-14(16)4-6-15/h3-6,12-13,17H,7-11H2,1-2H3. The Kier molecular flexibility index (Phi) is 4.90. The number of hydrogen-bond acceptors (Lipinski definition) is 2. The Labute approximate surface area is 115 Å². The Morgan fingerprint density at radius 2 is 2.06 bits per heavy atom. The minimum absolute atomic E-state index is 0.735. The van der Waals surface area contributed by atoms with Crippen molar-refractivity contribution in [1.82, 2.24) is 5.32 Å². The summed E-state index contributed by atoms with van der Waals surface area (Å²) in [6, 6.07) is 8.18. The number of halogens is 1. The number of nitrogens with one attached hydrogen (secondary N) is 1. The van der Waals surface area contributed by atoms with E-state index in [1.54, 1.807) is 0 Å². The van der Waals surface area contributed by atoms with Gasteiger partial charge in [-0.3, -0.25) is 0 Å². The monoisotopic (exact) mass is 266 g/mol. The summed E-state index contributed by atoms with van der Waals surface area (Å²) in [6.07, 6.45) is 1.29. The topological polar surface area (TPSA) is 15.3 Å². The quantitative estimate of drug-likeness (QED) is 0.879. The van der Waals surface area contributed by atoms with Gasteiger partial charge in [-0.05, 0) is 55.6 Å². The average molecular weight is 267 g/mol. The van der Waals surface area contributed by atoms with Gasteiger partial charge in [0.1, 0.15) is 0 Å². The third-order valence-electron chi connectivity index (χ3n) is 3.46. The second-order valence-corrected chi connectivity index (χ2v) is 6.07. The Morgan fingerprint density at radius 1 is 1.33 bits per heavy atom. The van der Waals surface area contributed by atoms with E-state index in [0.717, 1.165) is 43.0 Å². The lowest BCUT2D eigenvalue weighted by Gasteiger charge is -2.19. The summed E-state index contributed by atoms with van der Waals surface area (Å²) in [4.78, 5) is 2.46. The molecule has 0 saturated carbocycles. The van der Waals surface area contributed by atoms with Gasteiger partial charge in [-0.2, -0.15) is 0 Å². The molecule has 1 aliphatic heterocycles. The molecule has 0 bridgehead atoms. The molecule has 100 valence electrons. The fourth-order valence-electron chi connectivity index (χ4n) is 2.46. The van der Waals surface area contributed by atoms with Crippen LogP contribution < -0.4 is 10.2 Å². The zero-order chi connectivity index (χ0) is 13.0. The zero-order valence-electron chi connectivity index (χ0n) is 11.3. The lowest BCUT2D eigenvalue weighted by atomic mass is 10.1. The van der Waals surface area contributed by atoms with Crippen molar-refractivity contribution in [2.24, 2.45) is 11.8 Å². The molecule has 1 atom stereocenters. The van der Waals surface area contributed by atoms with Crippen molar-refractivity contribution in [2.75, 3.05) is 31.1 Å². The second kappa shape index (κ2) is 6.44. The Balaban J connectivity index is 1.79. The number of hydrogen-bond donors (Lipinski definition) is 1. The Morgan fingerprint density at radius 3 is 2.72 bits per heavy atom. The van der Waals surface area contributed by atoms with Crippen molar-refractivity contribution < 1.29 is 0 Å². The summed E-state index contributed by atoms with van der Waals surface area (Å²) in [6.45, 7) is 9.09. The van der Waals surface area contributed by atoms with Gasteiger partial charge in [0, 0.05) is 23.8 Å². The third kappa shape index (κ3) is 3.89. The van der Waals surface area contributed by atoms with Gasteiger partial charge in [0.2, 0.25) is 0 Å². The summed E-state index contributed by atoms with van der Waals surface area (Å²) in [5.41, 5.74) is 1.30. The molecule has 1 saturated heterocycles. The van der Waals surface area contributed by atoms with Crippen LogP contribution in [-0.4, -0.2) is 26.2 Å². The number of rotatable bonds is 5. The minimum Gasteiger partial charge on any atom is -0.371 e. The largest absolute Gasteiger partial charge is 0.371 e. The summed E-state index contributed by atoms with van der Waals surface area (Å²) in [5, 5.41) is 4.37. The molecule has 0 spiro atoms. The molecular weight excluding hydrogens is 244 g/mol. The summed E-state index contributed by atoms with van der Waals surface area (Å²) in [7, 11) is 0. The summed E-state index contributed by atoms with van der Waals surface area (Å²) < 4.78 is 0. The smallest absolute Gasteiger partial charge is 0.0407 e. The molecule has 18 heavy (non-hydrogen) atoms. The number of nitrogens with zero attached hydrogens (tertiary/aromatic N) is 1. The van der Waals surface area contributed by atoms with Gasteiger partial charge in [-0.15, -0.1) is 0 Å². The van der Waals surface area contributed by atoms with Crippen molar-refractivity contribution >= 4 is 17.3 Å². The van der Waals surface area contributed by atoms with Crippen molar-refractivity contribution in [3.05, 3.63) is 29.3 Å². The molecule has 3 heteroatoms. The highest BCUT2D eigenvalue weighted by atomic mass is 35.5. The second-order valence-electron chi connectivity index (χ2n) is 5.63. The van der Waals surface area contributed by atoms with Gasteiger partial charge >= 0.3 is 0 Å². The first kappa shape index (κ1) is 13.7. The van der Waals surface area contributed by atoms with Crippen molar-refractivity contribution in [1.29, 1.82) is 0 Å². The van der Waals surface area contributed by atoms with Crippen LogP contribution in [0, 0.1) is 11.8 Å². The average Bonchev–Trinajstić information content (AvgIpc) is 2.78. The zero-order valence-corrected chi connectivity index (χ0v) is 12.1. The number of anilines is 1. The normalized spacial score (nSPS) is 19.8. The van der Waals surface area contributed by atoms with Crippen molar-refractivity contribution in [3.8, 4) is 0 Å². The maximum atomic E-state index is 5.92. The van der Waals surface area contributed by atoms with Gasteiger partial charge in [-0.1, -0.05) is 25.4 Å². The molecule has 1 heterocycles. The first-order valence-electron chi connectivity index (χ1n) is 6.86. The van der Waals surface area contributed by atoms with Crippen LogP contribution in [-0.2, 0) is 0 Å². The fourth-order valence-corrected chi connectivity index (χ4v) is 2.59. The molecule has 2 rings (SSSR count). The Hall–Kier alpha value is -0.730. The number of benzene rings is 1. The maximum Gasteiger partial charge on any atom is 0.0407 e. The molecule has 0 aliphatic carbocycles. The fraction of sp³-hybridized carbons (Fsp3) is 0.600. The first-order chi connectivity index (χ1) is 8.65. The van der Waals surface area contributed by atoms with Crippen LogP contribution in [0.1, 0.15) is 20.3 Å². The highest BCUT2D eigenvalue weighted by Crippen LogP contribution is 2.24. The van der Waals surface area contributed by atoms with Crippen LogP contribution in [0.15, 0.2) is 24.3 Å². The van der Waals surface area contributed by atoms with E-state index in [2.05, 4.69) is 36.2 Å². The van der Waals surface area contributed by atoms with E-state index in [0.29, 0.717) is 0 Å². The van der Waals surface area contributed by atoms with Crippen LogP contribution in [0.4, 0.5) is 5.69 Å². The summed E-state index contributed by atoms with van der Waals surface area (Å²) in [5.74, 6) is 1.51. The van der Waals surface area contributed by atoms with Crippen LogP contribution in [0.25, 0.3) is 0 Å². The van der Waals surface area contributed by atoms with E-state index in [4.69, 9.17) is 11.6 Å². The van der Waals surface area contributed by atoms with Crippen molar-refractivity contribution in [2.45, 2.75) is 20.3 Å². The predicted molar refractivity (Wildman–Crippen MR) is 79.5 cm³/mol. The van der Waals surface area contributed by atoms with E-state index < -0.39 is 0 Å². The third-order valence-corrected chi connectivity index (χ3v) is 3.72. The molecule has 0 aromatic heterocycles. The van der Waals surface area contributed by atoms with Gasteiger partial charge in [0.15, 0.2) is 0 Å². The molecule has 1 fully saturated rings. The molecule has 1 aromatic rings. The van der Waals surface area contributed by atoms with Gasteiger partial charge in [0.05, 0.1) is 0 Å². The predicted octanol–water partition coefficient (Wildman–Crippen LogP) is 3.41. The highest BCUT2D eigenvalue weighted by Gasteiger charge is 2.22. The molecule has 2 nitrogen and oxygen atoms in total. The van der Waals surface area contributed by atoms with Crippen LogP contribution in [0.5, 0.6) is 0 Å². The molecule has 0 radical (unpaired) electrons. The maximum absolute atomic E-state index is 5.92. The van der Waals surface area contributed by atoms with E-state index in [9.17, 15) is 0 Å². The highest BCUT2D eigenvalue weighted by molar-refractivity contribution is 6.30. The molecule has 1 unspecified atom stereocenters. The van der Waals surface area contributed by atoms with Gasteiger partial charge in [0.25, 0.3) is 0 Å². The molecule has 0 amide bonds. The van der Waals surface area contributed by atoms with Crippen LogP contribution in [0.2, 0.25) is 5.02 Å². The lowest BCUT2D eigenvalue weighted by Crippen LogP contribution is -2.28. The molecule has 1 aliphatic rings. The van der Waals surface area contributed by atoms with E-state index >= 15 is 0 Å². The minimum atomic E-state index is 0.735. The molecular formula is C15H23ClN2. The van der Waals surface area contributed by atoms with E-state index in [1.807, 2.05) is 12.1 Å². The van der Waals surface area contributed by atoms with E-state index in [1.165, 1.54) is 12.1 Å². The van der Waals surface area contributed by atoms with Crippen molar-refractivity contribution in [3.63, 3.8) is 0 Å².